The number of ketones is 1. The molecule has 0 aliphatic heterocycles. The minimum atomic E-state index is -1.60. The molecule has 0 aliphatic rings. The van der Waals surface area contributed by atoms with Crippen molar-refractivity contribution >= 4 is 11.8 Å². The average molecular weight is 217 g/mol. The van der Waals surface area contributed by atoms with Crippen molar-refractivity contribution in [2.75, 3.05) is 7.05 Å². The van der Waals surface area contributed by atoms with Gasteiger partial charge in [0, 0.05) is 6.42 Å². The van der Waals surface area contributed by atoms with Gasteiger partial charge >= 0.3 is 5.97 Å². The molecule has 0 bridgehead atoms. The van der Waals surface area contributed by atoms with Crippen LogP contribution in [0.1, 0.15) is 26.7 Å². The van der Waals surface area contributed by atoms with Crippen LogP contribution < -0.4 is 5.32 Å². The number of nitrogens with one attached hydrogen (secondary N) is 1. The highest BCUT2D eigenvalue weighted by Gasteiger charge is 2.26. The predicted octanol–water partition coefficient (Wildman–Crippen LogP) is 0.0252. The molecule has 0 aromatic carbocycles. The van der Waals surface area contributed by atoms with Gasteiger partial charge in [-0.15, -0.1) is 0 Å². The third kappa shape index (κ3) is 4.40. The summed E-state index contributed by atoms with van der Waals surface area (Å²) >= 11 is 0. The summed E-state index contributed by atoms with van der Waals surface area (Å²) in [5.41, 5.74) is 0. The summed E-state index contributed by atoms with van der Waals surface area (Å²) in [6.45, 7) is 3.86. The van der Waals surface area contributed by atoms with E-state index in [1.807, 2.05) is 13.8 Å². The molecule has 0 rings (SSSR count). The fourth-order valence-electron chi connectivity index (χ4n) is 1.40. The van der Waals surface area contributed by atoms with Crippen LogP contribution in [0.4, 0.5) is 0 Å². The van der Waals surface area contributed by atoms with Gasteiger partial charge in [0.1, 0.15) is 0 Å². The van der Waals surface area contributed by atoms with Crippen molar-refractivity contribution in [2.24, 2.45) is 5.92 Å². The fraction of sp³-hybridized carbons (Fsp3) is 0.800. The first kappa shape index (κ1) is 14.1. The van der Waals surface area contributed by atoms with Gasteiger partial charge in [0.05, 0.1) is 6.04 Å². The predicted molar refractivity (Wildman–Crippen MR) is 55.6 cm³/mol. The SMILES string of the molecule is CC[C@H](C)[C@H](NC)C(=O)CC(O)C(=O)O. The number of carboxylic acid groups (broad SMARTS) is 1. The minimum Gasteiger partial charge on any atom is -0.479 e. The number of hydrogen-bond donors (Lipinski definition) is 3. The molecule has 5 nitrogen and oxygen atoms in total. The van der Waals surface area contributed by atoms with Gasteiger partial charge in [-0.1, -0.05) is 20.3 Å². The Morgan fingerprint density at radius 2 is 1.93 bits per heavy atom. The molecule has 0 fully saturated rings. The molecule has 0 amide bonds. The maximum absolute atomic E-state index is 11.6. The van der Waals surface area contributed by atoms with Crippen molar-refractivity contribution in [3.8, 4) is 0 Å². The van der Waals surface area contributed by atoms with E-state index in [1.54, 1.807) is 7.05 Å². The zero-order valence-electron chi connectivity index (χ0n) is 9.36. The highest BCUT2D eigenvalue weighted by Crippen LogP contribution is 2.11. The molecule has 5 heteroatoms. The number of aliphatic hydroxyl groups is 1. The van der Waals surface area contributed by atoms with E-state index in [0.29, 0.717) is 0 Å². The minimum absolute atomic E-state index is 0.128. The molecule has 15 heavy (non-hydrogen) atoms. The number of hydrogen-bond acceptors (Lipinski definition) is 4. The molecule has 0 aromatic heterocycles. The molecule has 0 aliphatic carbocycles. The quantitative estimate of drug-likeness (QED) is 0.560. The van der Waals surface area contributed by atoms with Crippen molar-refractivity contribution in [3.63, 3.8) is 0 Å². The Morgan fingerprint density at radius 3 is 2.27 bits per heavy atom. The summed E-state index contributed by atoms with van der Waals surface area (Å²) < 4.78 is 0. The summed E-state index contributed by atoms with van der Waals surface area (Å²) in [4.78, 5) is 22.0. The van der Waals surface area contributed by atoms with Crippen molar-refractivity contribution in [1.82, 2.24) is 5.32 Å². The first-order valence-electron chi connectivity index (χ1n) is 5.04. The van der Waals surface area contributed by atoms with Crippen LogP contribution in [-0.4, -0.2) is 41.2 Å². The van der Waals surface area contributed by atoms with Crippen molar-refractivity contribution in [1.29, 1.82) is 0 Å². The van der Waals surface area contributed by atoms with Gasteiger partial charge < -0.3 is 15.5 Å². The van der Waals surface area contributed by atoms with Crippen LogP contribution in [-0.2, 0) is 9.59 Å². The molecule has 0 saturated heterocycles. The molecule has 88 valence electrons. The number of carbonyl (C=O) groups excluding carboxylic acids is 1. The second kappa shape index (κ2) is 6.53. The van der Waals surface area contributed by atoms with Crippen LogP contribution in [0.25, 0.3) is 0 Å². The number of rotatable bonds is 7. The third-order valence-electron chi connectivity index (χ3n) is 2.55. The Labute approximate surface area is 89.5 Å². The normalized spacial score (nSPS) is 16.8. The zero-order chi connectivity index (χ0) is 12.0. The van der Waals surface area contributed by atoms with Gasteiger partial charge in [-0.3, -0.25) is 4.79 Å². The second-order valence-corrected chi connectivity index (χ2v) is 3.68. The van der Waals surface area contributed by atoms with E-state index < -0.39 is 12.1 Å². The number of aliphatic hydroxyl groups excluding tert-OH is 1. The van der Waals surface area contributed by atoms with Crippen LogP contribution in [0.5, 0.6) is 0 Å². The van der Waals surface area contributed by atoms with Crippen LogP contribution in [0, 0.1) is 5.92 Å². The number of aliphatic carboxylic acids is 1. The smallest absolute Gasteiger partial charge is 0.332 e. The number of likely N-dealkylation sites (N-methyl/N-ethyl adjacent to an activating group) is 1. The van der Waals surface area contributed by atoms with Crippen LogP contribution in [0.15, 0.2) is 0 Å². The molecule has 0 spiro atoms. The lowest BCUT2D eigenvalue weighted by molar-refractivity contribution is -0.149. The monoisotopic (exact) mass is 217 g/mol. The Balaban J connectivity index is 4.34. The number of Topliss-reactive ketones (excluding diaryl/α,β-unsaturated/α-hetero) is 1. The van der Waals surface area contributed by atoms with Crippen molar-refractivity contribution in [2.45, 2.75) is 38.8 Å². The maximum Gasteiger partial charge on any atom is 0.332 e. The molecule has 0 heterocycles. The van der Waals surface area contributed by atoms with Gasteiger partial charge in [-0.05, 0) is 13.0 Å². The molecule has 0 saturated carbocycles. The van der Waals surface area contributed by atoms with Crippen molar-refractivity contribution < 1.29 is 19.8 Å². The largest absolute Gasteiger partial charge is 0.479 e. The lowest BCUT2D eigenvalue weighted by Gasteiger charge is -2.21. The van der Waals surface area contributed by atoms with Crippen LogP contribution in [0.2, 0.25) is 0 Å². The average Bonchev–Trinajstić information content (AvgIpc) is 2.18. The summed E-state index contributed by atoms with van der Waals surface area (Å²) in [6.07, 6.45) is -1.12. The van der Waals surface area contributed by atoms with E-state index >= 15 is 0 Å². The van der Waals surface area contributed by atoms with Crippen LogP contribution >= 0.6 is 0 Å². The molecule has 3 N–H and O–H groups in total. The van der Waals surface area contributed by atoms with Gasteiger partial charge in [0.15, 0.2) is 11.9 Å². The Bertz CT molecular complexity index is 229. The van der Waals surface area contributed by atoms with E-state index in [1.165, 1.54) is 0 Å². The summed E-state index contributed by atoms with van der Waals surface area (Å²) in [6, 6.07) is -0.385. The molecular formula is C10H19NO4. The van der Waals surface area contributed by atoms with E-state index in [-0.39, 0.29) is 24.2 Å². The van der Waals surface area contributed by atoms with Gasteiger partial charge in [-0.25, -0.2) is 4.79 Å². The summed E-state index contributed by atoms with van der Waals surface area (Å²) in [7, 11) is 1.65. The first-order chi connectivity index (χ1) is 6.93. The Hall–Kier alpha value is -0.940. The summed E-state index contributed by atoms with van der Waals surface area (Å²) in [5, 5.41) is 20.3. The van der Waals surface area contributed by atoms with E-state index in [4.69, 9.17) is 10.2 Å². The van der Waals surface area contributed by atoms with Gasteiger partial charge in [0.2, 0.25) is 0 Å². The summed E-state index contributed by atoms with van der Waals surface area (Å²) in [5.74, 6) is -1.49. The van der Waals surface area contributed by atoms with Gasteiger partial charge in [0.25, 0.3) is 0 Å². The first-order valence-corrected chi connectivity index (χ1v) is 5.04. The van der Waals surface area contributed by atoms with E-state index in [0.717, 1.165) is 6.42 Å². The second-order valence-electron chi connectivity index (χ2n) is 3.68. The lowest BCUT2D eigenvalue weighted by Crippen LogP contribution is -2.41. The fourth-order valence-corrected chi connectivity index (χ4v) is 1.40. The third-order valence-corrected chi connectivity index (χ3v) is 2.55. The maximum atomic E-state index is 11.6. The molecule has 0 aromatic rings. The lowest BCUT2D eigenvalue weighted by atomic mass is 9.93. The molecule has 3 atom stereocenters. The van der Waals surface area contributed by atoms with E-state index in [9.17, 15) is 9.59 Å². The number of carbonyl (C=O) groups is 2. The standard InChI is InChI=1S/C10H19NO4/c1-4-6(2)9(11-3)7(12)5-8(13)10(14)15/h6,8-9,11,13H,4-5H2,1-3H3,(H,14,15)/t6-,8?,9-/m0/s1. The highest BCUT2D eigenvalue weighted by atomic mass is 16.4. The molecule has 1 unspecified atom stereocenters. The molecular weight excluding hydrogens is 198 g/mol. The number of carboxylic acids is 1. The zero-order valence-corrected chi connectivity index (χ0v) is 9.36. The topological polar surface area (TPSA) is 86.6 Å². The van der Waals surface area contributed by atoms with Crippen molar-refractivity contribution in [3.05, 3.63) is 0 Å². The van der Waals surface area contributed by atoms with E-state index in [2.05, 4.69) is 5.32 Å². The van der Waals surface area contributed by atoms with Gasteiger partial charge in [-0.2, -0.15) is 0 Å². The molecule has 0 radical (unpaired) electrons. The highest BCUT2D eigenvalue weighted by molar-refractivity contribution is 5.88. The van der Waals surface area contributed by atoms with Crippen LogP contribution in [0.3, 0.4) is 0 Å². The Morgan fingerprint density at radius 1 is 1.40 bits per heavy atom. The Kier molecular flexibility index (Phi) is 6.12.